The highest BCUT2D eigenvalue weighted by atomic mass is 16.6. The molecular weight excluding hydrogens is 194 g/mol. The van der Waals surface area contributed by atoms with E-state index in [4.69, 9.17) is 9.84 Å². The van der Waals surface area contributed by atoms with Crippen molar-refractivity contribution in [2.75, 3.05) is 6.61 Å². The summed E-state index contributed by atoms with van der Waals surface area (Å²) in [4.78, 5) is 11.4. The standard InChI is InChI=1S/C11H19NO3/c1-10(2,3)15-9(14)12-8-5-11(8)4-7(11)6-13/h7-8,13H,4-6H2,1-3H3,(H,12,14)/t7-,8-,11+/m0/s1. The topological polar surface area (TPSA) is 58.6 Å². The lowest BCUT2D eigenvalue weighted by Crippen LogP contribution is -2.34. The van der Waals surface area contributed by atoms with Gasteiger partial charge in [-0.25, -0.2) is 4.79 Å². The zero-order valence-corrected chi connectivity index (χ0v) is 9.54. The predicted molar refractivity (Wildman–Crippen MR) is 55.4 cm³/mol. The fraction of sp³-hybridized carbons (Fsp3) is 0.909. The van der Waals surface area contributed by atoms with Gasteiger partial charge in [-0.1, -0.05) is 0 Å². The van der Waals surface area contributed by atoms with Gasteiger partial charge in [-0.2, -0.15) is 0 Å². The van der Waals surface area contributed by atoms with Gasteiger partial charge in [0, 0.05) is 12.6 Å². The average molecular weight is 213 g/mol. The van der Waals surface area contributed by atoms with Crippen LogP contribution in [0.3, 0.4) is 0 Å². The van der Waals surface area contributed by atoms with Gasteiger partial charge in [0.25, 0.3) is 0 Å². The summed E-state index contributed by atoms with van der Waals surface area (Å²) in [6.45, 7) is 5.79. The molecule has 15 heavy (non-hydrogen) atoms. The number of carbonyl (C=O) groups excluding carboxylic acids is 1. The second-order valence-corrected chi connectivity index (χ2v) is 5.72. The Bertz CT molecular complexity index is 284. The number of amides is 1. The molecule has 0 aromatic heterocycles. The van der Waals surface area contributed by atoms with E-state index in [1.54, 1.807) is 0 Å². The molecule has 0 unspecified atom stereocenters. The SMILES string of the molecule is CC(C)(C)OC(=O)N[C@H]1C[C@@]12C[C@H]2CO. The minimum atomic E-state index is -0.438. The summed E-state index contributed by atoms with van der Waals surface area (Å²) in [6, 6.07) is 0.226. The Morgan fingerprint density at radius 2 is 2.20 bits per heavy atom. The summed E-state index contributed by atoms with van der Waals surface area (Å²) in [5.41, 5.74) is -0.211. The fourth-order valence-corrected chi connectivity index (χ4v) is 2.29. The minimum Gasteiger partial charge on any atom is -0.444 e. The van der Waals surface area contributed by atoms with Crippen molar-refractivity contribution in [1.29, 1.82) is 0 Å². The summed E-state index contributed by atoms with van der Waals surface area (Å²) in [5.74, 6) is 0.400. The maximum atomic E-state index is 11.4. The van der Waals surface area contributed by atoms with Crippen LogP contribution in [0.4, 0.5) is 4.79 Å². The van der Waals surface area contributed by atoms with Gasteiger partial charge in [-0.15, -0.1) is 0 Å². The van der Waals surface area contributed by atoms with Crippen LogP contribution < -0.4 is 5.32 Å². The zero-order valence-electron chi connectivity index (χ0n) is 9.54. The Balaban J connectivity index is 1.74. The smallest absolute Gasteiger partial charge is 0.407 e. The van der Waals surface area contributed by atoms with Crippen molar-refractivity contribution in [2.45, 2.75) is 45.3 Å². The van der Waals surface area contributed by atoms with Gasteiger partial charge in [0.2, 0.25) is 0 Å². The molecule has 0 aromatic carbocycles. The fourth-order valence-electron chi connectivity index (χ4n) is 2.29. The number of rotatable bonds is 2. The van der Waals surface area contributed by atoms with Crippen LogP contribution in [0.25, 0.3) is 0 Å². The van der Waals surface area contributed by atoms with Crippen molar-refractivity contribution in [1.82, 2.24) is 5.32 Å². The first-order valence-electron chi connectivity index (χ1n) is 5.48. The summed E-state index contributed by atoms with van der Waals surface area (Å²) >= 11 is 0. The first kappa shape index (κ1) is 10.7. The van der Waals surface area contributed by atoms with E-state index >= 15 is 0 Å². The molecule has 2 aliphatic rings. The lowest BCUT2D eigenvalue weighted by atomic mass is 10.2. The van der Waals surface area contributed by atoms with E-state index in [0.717, 1.165) is 12.8 Å². The van der Waals surface area contributed by atoms with E-state index in [2.05, 4.69) is 5.32 Å². The molecule has 1 amide bonds. The van der Waals surface area contributed by atoms with Crippen LogP contribution in [0.2, 0.25) is 0 Å². The Labute approximate surface area is 90.0 Å². The molecule has 4 heteroatoms. The monoisotopic (exact) mass is 213 g/mol. The van der Waals surface area contributed by atoms with Crippen molar-refractivity contribution >= 4 is 6.09 Å². The summed E-state index contributed by atoms with van der Waals surface area (Å²) in [5, 5.41) is 11.8. The Kier molecular flexibility index (Phi) is 2.23. The van der Waals surface area contributed by atoms with Gasteiger partial charge in [0.1, 0.15) is 5.60 Å². The lowest BCUT2D eigenvalue weighted by molar-refractivity contribution is 0.0519. The van der Waals surface area contributed by atoms with Crippen molar-refractivity contribution < 1.29 is 14.6 Å². The van der Waals surface area contributed by atoms with Crippen LogP contribution in [0.15, 0.2) is 0 Å². The maximum Gasteiger partial charge on any atom is 0.407 e. The molecule has 0 aromatic rings. The predicted octanol–water partition coefficient (Wildman–Crippen LogP) is 1.28. The molecule has 2 aliphatic carbocycles. The van der Waals surface area contributed by atoms with Gasteiger partial charge in [-0.05, 0) is 44.9 Å². The minimum absolute atomic E-state index is 0.226. The number of aliphatic hydroxyl groups excluding tert-OH is 1. The molecule has 1 spiro atoms. The summed E-state index contributed by atoms with van der Waals surface area (Å²) in [7, 11) is 0. The van der Waals surface area contributed by atoms with Gasteiger partial charge in [0.05, 0.1) is 0 Å². The average Bonchev–Trinajstić information content (AvgIpc) is 2.90. The van der Waals surface area contributed by atoms with E-state index in [9.17, 15) is 4.79 Å². The molecule has 86 valence electrons. The van der Waals surface area contributed by atoms with Crippen molar-refractivity contribution in [3.63, 3.8) is 0 Å². The third kappa shape index (κ3) is 2.09. The number of hydrogen-bond donors (Lipinski definition) is 2. The zero-order chi connectivity index (χ0) is 11.3. The molecular formula is C11H19NO3. The van der Waals surface area contributed by atoms with E-state index in [-0.39, 0.29) is 24.2 Å². The van der Waals surface area contributed by atoms with E-state index < -0.39 is 5.60 Å². The van der Waals surface area contributed by atoms with Crippen molar-refractivity contribution in [3.05, 3.63) is 0 Å². The molecule has 0 saturated heterocycles. The number of ether oxygens (including phenoxy) is 1. The number of alkyl carbamates (subject to hydrolysis) is 1. The Hall–Kier alpha value is -0.770. The lowest BCUT2D eigenvalue weighted by Gasteiger charge is -2.19. The number of carbonyl (C=O) groups is 1. The second-order valence-electron chi connectivity index (χ2n) is 5.72. The third-order valence-electron chi connectivity index (χ3n) is 3.31. The van der Waals surface area contributed by atoms with Crippen LogP contribution in [0, 0.1) is 11.3 Å². The molecule has 2 N–H and O–H groups in total. The quantitative estimate of drug-likeness (QED) is 0.726. The normalized spacial score (nSPS) is 37.6. The summed E-state index contributed by atoms with van der Waals surface area (Å²) in [6.07, 6.45) is 1.70. The second kappa shape index (κ2) is 3.11. The van der Waals surface area contributed by atoms with Crippen molar-refractivity contribution in [3.8, 4) is 0 Å². The van der Waals surface area contributed by atoms with Crippen LogP contribution in [-0.2, 0) is 4.74 Å². The van der Waals surface area contributed by atoms with Crippen molar-refractivity contribution in [2.24, 2.45) is 11.3 Å². The highest BCUT2D eigenvalue weighted by molar-refractivity contribution is 5.69. The molecule has 2 rings (SSSR count). The molecule has 0 bridgehead atoms. The summed E-state index contributed by atoms with van der Waals surface area (Å²) < 4.78 is 5.17. The molecule has 4 nitrogen and oxygen atoms in total. The number of hydrogen-bond acceptors (Lipinski definition) is 3. The van der Waals surface area contributed by atoms with Gasteiger partial charge < -0.3 is 15.2 Å². The maximum absolute atomic E-state index is 11.4. The largest absolute Gasteiger partial charge is 0.444 e. The first-order valence-corrected chi connectivity index (χ1v) is 5.48. The van der Waals surface area contributed by atoms with Gasteiger partial charge >= 0.3 is 6.09 Å². The highest BCUT2D eigenvalue weighted by Gasteiger charge is 2.70. The third-order valence-corrected chi connectivity index (χ3v) is 3.31. The number of aliphatic hydroxyl groups is 1. The van der Waals surface area contributed by atoms with Crippen LogP contribution in [-0.4, -0.2) is 29.4 Å². The van der Waals surface area contributed by atoms with E-state index in [0.29, 0.717) is 5.92 Å². The Morgan fingerprint density at radius 3 is 2.67 bits per heavy atom. The molecule has 2 saturated carbocycles. The molecule has 0 aliphatic heterocycles. The molecule has 0 heterocycles. The van der Waals surface area contributed by atoms with E-state index in [1.165, 1.54) is 0 Å². The van der Waals surface area contributed by atoms with Gasteiger partial charge in [0.15, 0.2) is 0 Å². The Morgan fingerprint density at radius 1 is 1.53 bits per heavy atom. The molecule has 2 fully saturated rings. The van der Waals surface area contributed by atoms with E-state index in [1.807, 2.05) is 20.8 Å². The first-order chi connectivity index (χ1) is 6.87. The highest BCUT2D eigenvalue weighted by Crippen LogP contribution is 2.70. The molecule has 3 atom stereocenters. The molecule has 0 radical (unpaired) electrons. The van der Waals surface area contributed by atoms with Gasteiger partial charge in [-0.3, -0.25) is 0 Å². The number of nitrogens with one attached hydrogen (secondary N) is 1. The van der Waals surface area contributed by atoms with Crippen LogP contribution >= 0.6 is 0 Å². The van der Waals surface area contributed by atoms with Crippen LogP contribution in [0.1, 0.15) is 33.6 Å². The van der Waals surface area contributed by atoms with Crippen LogP contribution in [0.5, 0.6) is 0 Å².